The largest absolute Gasteiger partial charge is 0.502 e. The highest BCUT2D eigenvalue weighted by Gasteiger charge is 2.41. The molecule has 0 spiro atoms. The van der Waals surface area contributed by atoms with Gasteiger partial charge in [0.2, 0.25) is 0 Å². The first-order chi connectivity index (χ1) is 9.64. The van der Waals surface area contributed by atoms with Crippen molar-refractivity contribution in [3.8, 4) is 0 Å². The first kappa shape index (κ1) is 19.6. The van der Waals surface area contributed by atoms with Crippen LogP contribution in [-0.2, 0) is 18.0 Å². The van der Waals surface area contributed by atoms with Gasteiger partial charge in [-0.2, -0.15) is 0 Å². The Morgan fingerprint density at radius 1 is 1.10 bits per heavy atom. The van der Waals surface area contributed by atoms with Crippen LogP contribution in [0.2, 0.25) is 6.04 Å². The molecule has 1 unspecified atom stereocenters. The molecule has 0 aliphatic heterocycles. The van der Waals surface area contributed by atoms with Gasteiger partial charge < -0.3 is 18.0 Å². The lowest BCUT2D eigenvalue weighted by molar-refractivity contribution is 0.0330. The van der Waals surface area contributed by atoms with Crippen LogP contribution in [0.15, 0.2) is 12.3 Å². The van der Waals surface area contributed by atoms with Gasteiger partial charge in [-0.15, -0.1) is 0 Å². The predicted octanol–water partition coefficient (Wildman–Crippen LogP) is 4.14. The van der Waals surface area contributed by atoms with Crippen LogP contribution in [0.25, 0.3) is 0 Å². The van der Waals surface area contributed by atoms with E-state index in [0.717, 1.165) is 31.9 Å². The monoisotopic (exact) mass is 304 g/mol. The van der Waals surface area contributed by atoms with E-state index < -0.39 is 8.80 Å². The summed E-state index contributed by atoms with van der Waals surface area (Å²) >= 11 is 0. The van der Waals surface area contributed by atoms with E-state index in [4.69, 9.17) is 18.0 Å². The highest BCUT2D eigenvalue weighted by atomic mass is 28.4. The Hall–Kier alpha value is -0.363. The lowest BCUT2D eigenvalue weighted by atomic mass is 10.2. The topological polar surface area (TPSA) is 36.9 Å². The average Bonchev–Trinajstić information content (AvgIpc) is 2.39. The van der Waals surface area contributed by atoms with Crippen LogP contribution >= 0.6 is 0 Å². The molecule has 0 N–H and O–H groups in total. The molecule has 0 saturated heterocycles. The van der Waals surface area contributed by atoms with E-state index in [9.17, 15) is 0 Å². The molecule has 1 atom stereocenters. The molecular formula is C15H32O4Si. The van der Waals surface area contributed by atoms with Gasteiger partial charge in [0.05, 0.1) is 12.9 Å². The number of allylic oxidation sites excluding steroid dienone is 1. The zero-order valence-electron chi connectivity index (χ0n) is 13.8. The molecule has 0 amide bonds. The minimum Gasteiger partial charge on any atom is -0.502 e. The standard InChI is InChI=1S/C15H32O4Si/c1-6-12-16-13-10-11-15(5)19-20(14-7-2,17-8-3)18-9-4/h6,12,15H,7-11,13-14H2,1-5H3. The third-order valence-electron chi connectivity index (χ3n) is 2.77. The maximum Gasteiger partial charge on any atom is 0.501 e. The molecule has 5 heteroatoms. The lowest BCUT2D eigenvalue weighted by Crippen LogP contribution is -2.48. The van der Waals surface area contributed by atoms with Gasteiger partial charge in [0.15, 0.2) is 0 Å². The molecule has 0 bridgehead atoms. The Labute approximate surface area is 125 Å². The molecule has 20 heavy (non-hydrogen) atoms. The summed E-state index contributed by atoms with van der Waals surface area (Å²) in [6.07, 6.45) is 6.70. The Morgan fingerprint density at radius 2 is 1.75 bits per heavy atom. The average molecular weight is 305 g/mol. The van der Waals surface area contributed by atoms with Gasteiger partial charge in [-0.1, -0.05) is 19.4 Å². The van der Waals surface area contributed by atoms with Crippen molar-refractivity contribution in [3.63, 3.8) is 0 Å². The summed E-state index contributed by atoms with van der Waals surface area (Å²) in [5.74, 6) is 0. The molecule has 0 aromatic heterocycles. The van der Waals surface area contributed by atoms with Gasteiger partial charge in [0, 0.05) is 25.4 Å². The van der Waals surface area contributed by atoms with Crippen LogP contribution in [0.1, 0.15) is 53.9 Å². The van der Waals surface area contributed by atoms with E-state index in [-0.39, 0.29) is 6.10 Å². The van der Waals surface area contributed by atoms with Crippen molar-refractivity contribution in [2.24, 2.45) is 0 Å². The number of rotatable bonds is 13. The van der Waals surface area contributed by atoms with Gasteiger partial charge in [-0.05, 0) is 40.5 Å². The second kappa shape index (κ2) is 12.4. The minimum atomic E-state index is -2.49. The third kappa shape index (κ3) is 8.74. The van der Waals surface area contributed by atoms with Gasteiger partial charge in [0.25, 0.3) is 0 Å². The number of hydrogen-bond acceptors (Lipinski definition) is 4. The van der Waals surface area contributed by atoms with Gasteiger partial charge >= 0.3 is 8.80 Å². The van der Waals surface area contributed by atoms with Gasteiger partial charge in [-0.25, -0.2) is 0 Å². The van der Waals surface area contributed by atoms with Crippen LogP contribution in [0.3, 0.4) is 0 Å². The summed E-state index contributed by atoms with van der Waals surface area (Å²) in [6.45, 7) is 12.2. The lowest BCUT2D eigenvalue weighted by Gasteiger charge is -2.31. The normalized spacial score (nSPS) is 13.8. The smallest absolute Gasteiger partial charge is 0.501 e. The molecule has 0 rings (SSSR count). The Balaban J connectivity index is 4.24. The van der Waals surface area contributed by atoms with Crippen molar-refractivity contribution >= 4 is 8.80 Å². The summed E-state index contributed by atoms with van der Waals surface area (Å²) < 4.78 is 23.3. The fourth-order valence-corrected chi connectivity index (χ4v) is 4.89. The Bertz CT molecular complexity index is 229. The minimum absolute atomic E-state index is 0.139. The second-order valence-corrected chi connectivity index (χ2v) is 7.39. The zero-order valence-corrected chi connectivity index (χ0v) is 14.8. The molecule has 4 nitrogen and oxygen atoms in total. The molecule has 0 aliphatic carbocycles. The van der Waals surface area contributed by atoms with Crippen molar-refractivity contribution in [3.05, 3.63) is 12.3 Å². The molecule has 0 aliphatic rings. The predicted molar refractivity (Wildman–Crippen MR) is 84.7 cm³/mol. The highest BCUT2D eigenvalue weighted by Crippen LogP contribution is 2.21. The van der Waals surface area contributed by atoms with E-state index in [1.54, 1.807) is 6.26 Å². The first-order valence-corrected chi connectivity index (χ1v) is 9.75. The summed E-state index contributed by atoms with van der Waals surface area (Å²) in [7, 11) is -2.49. The first-order valence-electron chi connectivity index (χ1n) is 7.82. The van der Waals surface area contributed by atoms with Crippen LogP contribution in [0.4, 0.5) is 0 Å². The van der Waals surface area contributed by atoms with Crippen molar-refractivity contribution in [1.29, 1.82) is 0 Å². The van der Waals surface area contributed by atoms with Crippen LogP contribution in [-0.4, -0.2) is 34.7 Å². The van der Waals surface area contributed by atoms with Gasteiger partial charge in [-0.3, -0.25) is 0 Å². The molecule has 120 valence electrons. The molecule has 0 aromatic carbocycles. The second-order valence-electron chi connectivity index (χ2n) is 4.71. The van der Waals surface area contributed by atoms with Gasteiger partial charge in [0.1, 0.15) is 0 Å². The Morgan fingerprint density at radius 3 is 2.25 bits per heavy atom. The quantitative estimate of drug-likeness (QED) is 0.291. The highest BCUT2D eigenvalue weighted by molar-refractivity contribution is 6.60. The van der Waals surface area contributed by atoms with E-state index in [1.807, 2.05) is 26.8 Å². The fraction of sp³-hybridized carbons (Fsp3) is 0.867. The molecular weight excluding hydrogens is 272 g/mol. The summed E-state index contributed by atoms with van der Waals surface area (Å²) in [5, 5.41) is 0. The van der Waals surface area contributed by atoms with Crippen molar-refractivity contribution in [1.82, 2.24) is 0 Å². The van der Waals surface area contributed by atoms with E-state index in [1.165, 1.54) is 0 Å². The van der Waals surface area contributed by atoms with E-state index >= 15 is 0 Å². The zero-order chi connectivity index (χ0) is 15.3. The SMILES string of the molecule is CC=COCCCC(C)O[Si](CCC)(OCC)OCC. The van der Waals surface area contributed by atoms with Crippen LogP contribution in [0.5, 0.6) is 0 Å². The van der Waals surface area contributed by atoms with E-state index in [0.29, 0.717) is 13.2 Å². The summed E-state index contributed by atoms with van der Waals surface area (Å²) in [5.41, 5.74) is 0. The number of ether oxygens (including phenoxy) is 1. The molecule has 0 radical (unpaired) electrons. The summed E-state index contributed by atoms with van der Waals surface area (Å²) in [6, 6.07) is 0.883. The molecule has 0 fully saturated rings. The molecule has 0 saturated carbocycles. The van der Waals surface area contributed by atoms with Crippen LogP contribution < -0.4 is 0 Å². The van der Waals surface area contributed by atoms with Crippen molar-refractivity contribution in [2.75, 3.05) is 19.8 Å². The van der Waals surface area contributed by atoms with Crippen molar-refractivity contribution < 1.29 is 18.0 Å². The maximum atomic E-state index is 6.19. The fourth-order valence-electron chi connectivity index (χ4n) is 2.04. The molecule has 0 heterocycles. The summed E-state index contributed by atoms with van der Waals surface area (Å²) in [4.78, 5) is 0. The molecule has 0 aromatic rings. The third-order valence-corrected chi connectivity index (χ3v) is 6.10. The van der Waals surface area contributed by atoms with E-state index in [2.05, 4.69) is 13.8 Å². The number of hydrogen-bond donors (Lipinski definition) is 0. The maximum absolute atomic E-state index is 6.19. The van der Waals surface area contributed by atoms with Crippen molar-refractivity contribution in [2.45, 2.75) is 66.0 Å². The Kier molecular flexibility index (Phi) is 12.2. The van der Waals surface area contributed by atoms with Crippen LogP contribution in [0, 0.1) is 0 Å².